The van der Waals surface area contributed by atoms with E-state index >= 15 is 0 Å². The Morgan fingerprint density at radius 2 is 2.24 bits per heavy atom. The molecule has 3 rings (SSSR count). The lowest BCUT2D eigenvalue weighted by molar-refractivity contribution is 0.260. The molecule has 1 aromatic carbocycles. The van der Waals surface area contributed by atoms with Crippen LogP contribution in [0.3, 0.4) is 0 Å². The lowest BCUT2D eigenvalue weighted by Gasteiger charge is -2.34. The molecule has 0 spiro atoms. The van der Waals surface area contributed by atoms with Crippen molar-refractivity contribution in [1.82, 2.24) is 10.3 Å². The van der Waals surface area contributed by atoms with E-state index in [1.54, 1.807) is 0 Å². The zero-order valence-electron chi connectivity index (χ0n) is 12.7. The van der Waals surface area contributed by atoms with Gasteiger partial charge >= 0.3 is 0 Å². The van der Waals surface area contributed by atoms with Gasteiger partial charge in [0.1, 0.15) is 5.01 Å². The molecule has 1 N–H and O–H groups in total. The number of fused-ring (bicyclic) bond motifs is 1. The van der Waals surface area contributed by atoms with E-state index in [1.165, 1.54) is 22.6 Å². The van der Waals surface area contributed by atoms with E-state index in [2.05, 4.69) is 66.3 Å². The summed E-state index contributed by atoms with van der Waals surface area (Å²) in [5.41, 5.74) is 2.82. The Morgan fingerprint density at radius 1 is 1.43 bits per heavy atom. The molecule has 0 saturated heterocycles. The standard InChI is InChI=1S/C17H21BrN2S/c1-4-19-13-9-17(2,3)10-14-15(13)21-16(20-14)11-6-5-7-12(18)8-11/h5-8,13,19H,4,9-10H2,1-3H3. The predicted molar refractivity (Wildman–Crippen MR) is 93.8 cm³/mol. The third-order valence-corrected chi connectivity index (χ3v) is 5.72. The summed E-state index contributed by atoms with van der Waals surface area (Å²) in [6, 6.07) is 8.87. The first kappa shape index (κ1) is 15.2. The van der Waals surface area contributed by atoms with Gasteiger partial charge in [0.2, 0.25) is 0 Å². The van der Waals surface area contributed by atoms with Crippen molar-refractivity contribution < 1.29 is 0 Å². The average Bonchev–Trinajstić information content (AvgIpc) is 2.81. The van der Waals surface area contributed by atoms with Crippen LogP contribution in [0.25, 0.3) is 10.6 Å². The molecule has 0 radical (unpaired) electrons. The zero-order chi connectivity index (χ0) is 15.0. The maximum Gasteiger partial charge on any atom is 0.123 e. The molecule has 1 heterocycles. The van der Waals surface area contributed by atoms with Crippen LogP contribution in [0.2, 0.25) is 0 Å². The summed E-state index contributed by atoms with van der Waals surface area (Å²) in [4.78, 5) is 6.38. The predicted octanol–water partition coefficient (Wildman–Crippen LogP) is 5.20. The van der Waals surface area contributed by atoms with Gasteiger partial charge in [0.05, 0.1) is 5.69 Å². The van der Waals surface area contributed by atoms with Crippen molar-refractivity contribution in [2.75, 3.05) is 6.54 Å². The number of thiazole rings is 1. The quantitative estimate of drug-likeness (QED) is 0.809. The third kappa shape index (κ3) is 3.22. The second-order valence-corrected chi connectivity index (χ2v) is 8.44. The van der Waals surface area contributed by atoms with E-state index in [1.807, 2.05) is 11.3 Å². The van der Waals surface area contributed by atoms with Gasteiger partial charge in [-0.3, -0.25) is 0 Å². The normalized spacial score (nSPS) is 20.3. The van der Waals surface area contributed by atoms with Crippen molar-refractivity contribution in [2.24, 2.45) is 5.41 Å². The molecule has 0 fully saturated rings. The Bertz CT molecular complexity index is 648. The molecule has 0 saturated carbocycles. The van der Waals surface area contributed by atoms with Crippen molar-refractivity contribution in [3.63, 3.8) is 0 Å². The number of halogens is 1. The first-order chi connectivity index (χ1) is 9.98. The number of hydrogen-bond acceptors (Lipinski definition) is 3. The molecule has 1 aliphatic rings. The van der Waals surface area contributed by atoms with Crippen LogP contribution in [0.1, 0.15) is 43.8 Å². The second kappa shape index (κ2) is 5.82. The smallest absolute Gasteiger partial charge is 0.123 e. The Balaban J connectivity index is 2.01. The summed E-state index contributed by atoms with van der Waals surface area (Å²) in [5, 5.41) is 4.77. The molecule has 4 heteroatoms. The Hall–Kier alpha value is -0.710. The number of aromatic nitrogens is 1. The van der Waals surface area contributed by atoms with Crippen molar-refractivity contribution in [3.05, 3.63) is 39.3 Å². The topological polar surface area (TPSA) is 24.9 Å². The van der Waals surface area contributed by atoms with Crippen molar-refractivity contribution in [2.45, 2.75) is 39.7 Å². The summed E-state index contributed by atoms with van der Waals surface area (Å²) in [6.07, 6.45) is 2.27. The van der Waals surface area contributed by atoms with Gasteiger partial charge < -0.3 is 5.32 Å². The number of nitrogens with one attached hydrogen (secondary N) is 1. The van der Waals surface area contributed by atoms with Gasteiger partial charge in [0.15, 0.2) is 0 Å². The summed E-state index contributed by atoms with van der Waals surface area (Å²) < 4.78 is 1.11. The molecular weight excluding hydrogens is 344 g/mol. The van der Waals surface area contributed by atoms with E-state index in [9.17, 15) is 0 Å². The third-order valence-electron chi connectivity index (χ3n) is 3.97. The highest BCUT2D eigenvalue weighted by Crippen LogP contribution is 2.44. The molecule has 2 aromatic rings. The first-order valence-electron chi connectivity index (χ1n) is 7.47. The van der Waals surface area contributed by atoms with Crippen LogP contribution in [-0.4, -0.2) is 11.5 Å². The van der Waals surface area contributed by atoms with Gasteiger partial charge in [-0.1, -0.05) is 48.8 Å². The van der Waals surface area contributed by atoms with Crippen molar-refractivity contribution >= 4 is 27.3 Å². The number of benzene rings is 1. The summed E-state index contributed by atoms with van der Waals surface area (Å²) in [5.74, 6) is 0. The minimum absolute atomic E-state index is 0.322. The van der Waals surface area contributed by atoms with Crippen molar-refractivity contribution in [1.29, 1.82) is 0 Å². The Morgan fingerprint density at radius 3 is 2.95 bits per heavy atom. The van der Waals surface area contributed by atoms with E-state index in [-0.39, 0.29) is 0 Å². The summed E-state index contributed by atoms with van der Waals surface area (Å²) in [7, 11) is 0. The molecule has 1 unspecified atom stereocenters. The summed E-state index contributed by atoms with van der Waals surface area (Å²) in [6.45, 7) is 7.87. The molecule has 0 bridgehead atoms. The van der Waals surface area contributed by atoms with Crippen LogP contribution in [0.4, 0.5) is 0 Å². The van der Waals surface area contributed by atoms with E-state index in [0.717, 1.165) is 22.4 Å². The van der Waals surface area contributed by atoms with Gasteiger partial charge in [0, 0.05) is 21.0 Å². The van der Waals surface area contributed by atoms with Crippen molar-refractivity contribution in [3.8, 4) is 10.6 Å². The molecule has 112 valence electrons. The Labute approximate surface area is 139 Å². The van der Waals surface area contributed by atoms with E-state index in [4.69, 9.17) is 4.98 Å². The average molecular weight is 365 g/mol. The molecular formula is C17H21BrN2S. The zero-order valence-corrected chi connectivity index (χ0v) is 15.1. The molecule has 1 aliphatic carbocycles. The first-order valence-corrected chi connectivity index (χ1v) is 9.08. The molecule has 0 aliphatic heterocycles. The molecule has 1 aromatic heterocycles. The van der Waals surface area contributed by atoms with Gasteiger partial charge in [0.25, 0.3) is 0 Å². The minimum Gasteiger partial charge on any atom is -0.309 e. The van der Waals surface area contributed by atoms with Crippen LogP contribution in [0.15, 0.2) is 28.7 Å². The molecule has 0 amide bonds. The maximum atomic E-state index is 4.95. The lowest BCUT2D eigenvalue weighted by Crippen LogP contribution is -2.32. The van der Waals surface area contributed by atoms with Crippen LogP contribution in [-0.2, 0) is 6.42 Å². The molecule has 21 heavy (non-hydrogen) atoms. The van der Waals surface area contributed by atoms with Crippen LogP contribution in [0.5, 0.6) is 0 Å². The minimum atomic E-state index is 0.322. The maximum absolute atomic E-state index is 4.95. The Kier molecular flexibility index (Phi) is 4.21. The highest BCUT2D eigenvalue weighted by molar-refractivity contribution is 9.10. The van der Waals surface area contributed by atoms with Crippen LogP contribution in [0, 0.1) is 5.41 Å². The van der Waals surface area contributed by atoms with E-state index in [0.29, 0.717) is 11.5 Å². The number of nitrogens with zero attached hydrogens (tertiary/aromatic N) is 1. The van der Waals surface area contributed by atoms with Gasteiger partial charge in [-0.25, -0.2) is 4.98 Å². The van der Waals surface area contributed by atoms with Gasteiger partial charge in [-0.05, 0) is 36.9 Å². The van der Waals surface area contributed by atoms with Crippen LogP contribution < -0.4 is 5.32 Å². The monoisotopic (exact) mass is 364 g/mol. The lowest BCUT2D eigenvalue weighted by atomic mass is 9.76. The fraction of sp³-hybridized carbons (Fsp3) is 0.471. The van der Waals surface area contributed by atoms with Crippen LogP contribution >= 0.6 is 27.3 Å². The second-order valence-electron chi connectivity index (χ2n) is 6.50. The van der Waals surface area contributed by atoms with Gasteiger partial charge in [-0.2, -0.15) is 0 Å². The highest BCUT2D eigenvalue weighted by atomic mass is 79.9. The van der Waals surface area contributed by atoms with E-state index < -0.39 is 0 Å². The van der Waals surface area contributed by atoms with Gasteiger partial charge in [-0.15, -0.1) is 11.3 Å². The highest BCUT2D eigenvalue weighted by Gasteiger charge is 2.34. The number of rotatable bonds is 3. The SMILES string of the molecule is CCNC1CC(C)(C)Cc2nc(-c3cccc(Br)c3)sc21. The molecule has 2 nitrogen and oxygen atoms in total. The fourth-order valence-corrected chi connectivity index (χ4v) is 4.64. The summed E-state index contributed by atoms with van der Waals surface area (Å²) >= 11 is 5.40. The number of hydrogen-bond donors (Lipinski definition) is 1. The molecule has 1 atom stereocenters. The fourth-order valence-electron chi connectivity index (χ4n) is 3.09. The largest absolute Gasteiger partial charge is 0.309 e.